The topological polar surface area (TPSA) is 56.8 Å². The van der Waals surface area contributed by atoms with E-state index in [1.165, 1.54) is 0 Å². The third-order valence-electron chi connectivity index (χ3n) is 4.01. The highest BCUT2D eigenvalue weighted by Gasteiger charge is 2.07. The van der Waals surface area contributed by atoms with Crippen LogP contribution in [0.4, 0.5) is 0 Å². The van der Waals surface area contributed by atoms with E-state index in [0.29, 0.717) is 28.5 Å². The van der Waals surface area contributed by atoms with Crippen LogP contribution in [0.3, 0.4) is 0 Å². The summed E-state index contributed by atoms with van der Waals surface area (Å²) in [7, 11) is 0. The van der Waals surface area contributed by atoms with Crippen molar-refractivity contribution >= 4 is 23.3 Å². The van der Waals surface area contributed by atoms with Crippen LogP contribution in [0.2, 0.25) is 5.02 Å². The number of nitrogens with zero attached hydrogens (tertiary/aromatic N) is 2. The van der Waals surface area contributed by atoms with E-state index in [1.54, 1.807) is 30.3 Å². The Morgan fingerprint density at radius 1 is 0.926 bits per heavy atom. The molecule has 0 bridgehead atoms. The molecule has 27 heavy (non-hydrogen) atoms. The number of nitriles is 2. The SMILES string of the molecule is N#C/C(=C\c1ccccc1OCc1ccccc1Cl)c1ccc(C#N)cc1. The summed E-state index contributed by atoms with van der Waals surface area (Å²) in [4.78, 5) is 0. The van der Waals surface area contributed by atoms with Crippen LogP contribution in [0.1, 0.15) is 22.3 Å². The highest BCUT2D eigenvalue weighted by atomic mass is 35.5. The van der Waals surface area contributed by atoms with Crippen LogP contribution in [-0.2, 0) is 6.61 Å². The predicted octanol–water partition coefficient (Wildman–Crippen LogP) is 5.85. The molecule has 0 atom stereocenters. The minimum absolute atomic E-state index is 0.337. The van der Waals surface area contributed by atoms with Gasteiger partial charge in [0.2, 0.25) is 0 Å². The molecule has 3 aromatic rings. The van der Waals surface area contributed by atoms with E-state index in [4.69, 9.17) is 21.6 Å². The van der Waals surface area contributed by atoms with Crippen molar-refractivity contribution in [2.75, 3.05) is 0 Å². The molecule has 0 saturated carbocycles. The van der Waals surface area contributed by atoms with Crippen molar-refractivity contribution in [2.24, 2.45) is 0 Å². The molecule has 3 nitrogen and oxygen atoms in total. The second-order valence-corrected chi connectivity index (χ2v) is 6.18. The van der Waals surface area contributed by atoms with Gasteiger partial charge in [0, 0.05) is 16.1 Å². The highest BCUT2D eigenvalue weighted by Crippen LogP contribution is 2.26. The van der Waals surface area contributed by atoms with Crippen molar-refractivity contribution in [1.82, 2.24) is 0 Å². The van der Waals surface area contributed by atoms with Crippen LogP contribution < -0.4 is 4.74 Å². The van der Waals surface area contributed by atoms with Crippen molar-refractivity contribution in [1.29, 1.82) is 10.5 Å². The maximum atomic E-state index is 9.56. The Labute approximate surface area is 163 Å². The van der Waals surface area contributed by atoms with E-state index < -0.39 is 0 Å². The smallest absolute Gasteiger partial charge is 0.127 e. The van der Waals surface area contributed by atoms with Gasteiger partial charge in [0.15, 0.2) is 0 Å². The van der Waals surface area contributed by atoms with Gasteiger partial charge in [-0.05, 0) is 35.9 Å². The summed E-state index contributed by atoms with van der Waals surface area (Å²) in [5, 5.41) is 19.1. The van der Waals surface area contributed by atoms with Crippen molar-refractivity contribution in [3.8, 4) is 17.9 Å². The number of para-hydroxylation sites is 1. The fraction of sp³-hybridized carbons (Fsp3) is 0.0435. The lowest BCUT2D eigenvalue weighted by Gasteiger charge is -2.11. The van der Waals surface area contributed by atoms with Gasteiger partial charge in [-0.2, -0.15) is 10.5 Å². The molecule has 0 radical (unpaired) electrons. The lowest BCUT2D eigenvalue weighted by molar-refractivity contribution is 0.305. The molecule has 0 unspecified atom stereocenters. The van der Waals surface area contributed by atoms with Crippen LogP contribution in [0.5, 0.6) is 5.75 Å². The minimum Gasteiger partial charge on any atom is -0.488 e. The molecule has 0 aromatic heterocycles. The first-order valence-electron chi connectivity index (χ1n) is 8.29. The lowest BCUT2D eigenvalue weighted by Crippen LogP contribution is -1.97. The molecule has 3 rings (SSSR count). The van der Waals surface area contributed by atoms with Crippen molar-refractivity contribution < 1.29 is 4.74 Å². The Bertz CT molecular complexity index is 1060. The summed E-state index contributed by atoms with van der Waals surface area (Å²) in [6, 6.07) is 26.3. The second-order valence-electron chi connectivity index (χ2n) is 5.78. The molecule has 0 spiro atoms. The van der Waals surface area contributed by atoms with Gasteiger partial charge in [-0.25, -0.2) is 0 Å². The first-order valence-corrected chi connectivity index (χ1v) is 8.66. The molecule has 0 aliphatic rings. The lowest BCUT2D eigenvalue weighted by atomic mass is 10.0. The third kappa shape index (κ3) is 4.55. The molecule has 130 valence electrons. The largest absolute Gasteiger partial charge is 0.488 e. The average molecular weight is 371 g/mol. The molecule has 0 fully saturated rings. The number of hydrogen-bond acceptors (Lipinski definition) is 3. The van der Waals surface area contributed by atoms with Crippen molar-refractivity contribution in [2.45, 2.75) is 6.61 Å². The minimum atomic E-state index is 0.337. The Kier molecular flexibility index (Phi) is 5.90. The van der Waals surface area contributed by atoms with Crippen LogP contribution in [0.15, 0.2) is 72.8 Å². The molecular weight excluding hydrogens is 356 g/mol. The molecule has 0 aliphatic heterocycles. The number of benzene rings is 3. The molecule has 0 heterocycles. The van der Waals surface area contributed by atoms with Gasteiger partial charge in [0.05, 0.1) is 23.3 Å². The quantitative estimate of drug-likeness (QED) is 0.417. The summed E-state index contributed by atoms with van der Waals surface area (Å²) in [5.41, 5.74) is 3.49. The van der Waals surface area contributed by atoms with Gasteiger partial charge in [0.1, 0.15) is 12.4 Å². The Morgan fingerprint density at radius 2 is 1.63 bits per heavy atom. The predicted molar refractivity (Wildman–Crippen MR) is 107 cm³/mol. The second kappa shape index (κ2) is 8.72. The summed E-state index contributed by atoms with van der Waals surface area (Å²) < 4.78 is 5.94. The number of halogens is 1. The van der Waals surface area contributed by atoms with Crippen LogP contribution in [0.25, 0.3) is 11.6 Å². The molecule has 0 saturated heterocycles. The summed E-state index contributed by atoms with van der Waals surface area (Å²) in [6.07, 6.45) is 1.78. The van der Waals surface area contributed by atoms with E-state index in [0.717, 1.165) is 16.7 Å². The molecule has 4 heteroatoms. The first kappa shape index (κ1) is 18.3. The van der Waals surface area contributed by atoms with E-state index in [2.05, 4.69) is 12.1 Å². The van der Waals surface area contributed by atoms with Gasteiger partial charge in [-0.1, -0.05) is 60.1 Å². The normalized spacial score (nSPS) is 10.7. The Balaban J connectivity index is 1.88. The van der Waals surface area contributed by atoms with E-state index in [1.807, 2.05) is 48.5 Å². The molecular formula is C23H15ClN2O. The Morgan fingerprint density at radius 3 is 2.33 bits per heavy atom. The maximum Gasteiger partial charge on any atom is 0.127 e. The monoisotopic (exact) mass is 370 g/mol. The molecule has 3 aromatic carbocycles. The fourth-order valence-electron chi connectivity index (χ4n) is 2.56. The molecule has 0 amide bonds. The van der Waals surface area contributed by atoms with E-state index >= 15 is 0 Å². The zero-order valence-electron chi connectivity index (χ0n) is 14.4. The Hall–Kier alpha value is -3.53. The van der Waals surface area contributed by atoms with Gasteiger partial charge in [-0.3, -0.25) is 0 Å². The fourth-order valence-corrected chi connectivity index (χ4v) is 2.75. The summed E-state index contributed by atoms with van der Waals surface area (Å²) in [6.45, 7) is 0.337. The number of rotatable bonds is 5. The number of hydrogen-bond donors (Lipinski definition) is 0. The van der Waals surface area contributed by atoms with E-state index in [-0.39, 0.29) is 0 Å². The zero-order chi connectivity index (χ0) is 19.1. The van der Waals surface area contributed by atoms with Gasteiger partial charge in [0.25, 0.3) is 0 Å². The van der Waals surface area contributed by atoms with Gasteiger partial charge >= 0.3 is 0 Å². The standard InChI is InChI=1S/C23H15ClN2O/c24-22-7-3-1-6-20(22)16-27-23-8-4-2-5-19(23)13-21(15-26)18-11-9-17(14-25)10-12-18/h1-13H,16H2/b21-13+. The number of ether oxygens (including phenoxy) is 1. The van der Waals surface area contributed by atoms with Crippen molar-refractivity contribution in [3.05, 3.63) is 100 Å². The zero-order valence-corrected chi connectivity index (χ0v) is 15.1. The van der Waals surface area contributed by atoms with Crippen molar-refractivity contribution in [3.63, 3.8) is 0 Å². The summed E-state index contributed by atoms with van der Waals surface area (Å²) >= 11 is 6.18. The highest BCUT2D eigenvalue weighted by molar-refractivity contribution is 6.31. The first-order chi connectivity index (χ1) is 13.2. The van der Waals surface area contributed by atoms with Gasteiger partial charge in [-0.15, -0.1) is 0 Å². The molecule has 0 N–H and O–H groups in total. The summed E-state index contributed by atoms with van der Waals surface area (Å²) in [5.74, 6) is 0.666. The maximum absolute atomic E-state index is 9.56. The van der Waals surface area contributed by atoms with Crippen LogP contribution >= 0.6 is 11.6 Å². The molecule has 0 aliphatic carbocycles. The van der Waals surface area contributed by atoms with Gasteiger partial charge < -0.3 is 4.74 Å². The average Bonchev–Trinajstić information content (AvgIpc) is 2.72. The number of allylic oxidation sites excluding steroid dienone is 1. The van der Waals surface area contributed by atoms with E-state index in [9.17, 15) is 5.26 Å². The van der Waals surface area contributed by atoms with Crippen LogP contribution in [-0.4, -0.2) is 0 Å². The third-order valence-corrected chi connectivity index (χ3v) is 4.37. The van der Waals surface area contributed by atoms with Crippen LogP contribution in [0, 0.1) is 22.7 Å².